The fraction of sp³-hybridized carbons (Fsp3) is 0.571. The summed E-state index contributed by atoms with van der Waals surface area (Å²) in [5.41, 5.74) is 14.3. The van der Waals surface area contributed by atoms with Crippen molar-refractivity contribution in [1.29, 1.82) is 0 Å². The first-order valence-electron chi connectivity index (χ1n) is 6.43. The van der Waals surface area contributed by atoms with Crippen molar-refractivity contribution in [1.82, 2.24) is 0 Å². The Morgan fingerprint density at radius 3 is 3.00 bits per heavy atom. The zero-order valence-electron chi connectivity index (χ0n) is 10.5. The fourth-order valence-corrected chi connectivity index (χ4v) is 2.36. The molecule has 2 atom stereocenters. The van der Waals surface area contributed by atoms with Crippen molar-refractivity contribution in [3.05, 3.63) is 29.3 Å². The molecule has 3 nitrogen and oxygen atoms in total. The molecular weight excluding hydrogens is 212 g/mol. The third-order valence-corrected chi connectivity index (χ3v) is 3.55. The Morgan fingerprint density at radius 2 is 2.24 bits per heavy atom. The lowest BCUT2D eigenvalue weighted by atomic mass is 9.91. The lowest BCUT2D eigenvalue weighted by Gasteiger charge is -2.23. The molecule has 0 amide bonds. The van der Waals surface area contributed by atoms with Crippen molar-refractivity contribution < 1.29 is 4.74 Å². The van der Waals surface area contributed by atoms with Crippen LogP contribution in [-0.4, -0.2) is 13.2 Å². The Labute approximate surface area is 103 Å². The van der Waals surface area contributed by atoms with Crippen LogP contribution in [0, 0.1) is 5.92 Å². The van der Waals surface area contributed by atoms with Crippen LogP contribution >= 0.6 is 0 Å². The molecule has 2 unspecified atom stereocenters. The number of rotatable bonds is 4. The molecule has 4 N–H and O–H groups in total. The van der Waals surface area contributed by atoms with E-state index in [4.69, 9.17) is 16.2 Å². The van der Waals surface area contributed by atoms with Crippen LogP contribution < -0.4 is 16.2 Å². The van der Waals surface area contributed by atoms with Crippen LogP contribution in [0.3, 0.4) is 0 Å². The third-order valence-electron chi connectivity index (χ3n) is 3.55. The molecule has 0 spiro atoms. The molecule has 94 valence electrons. The summed E-state index contributed by atoms with van der Waals surface area (Å²) in [5.74, 6) is 1.45. The first-order chi connectivity index (χ1) is 8.22. The van der Waals surface area contributed by atoms with Crippen LogP contribution in [0.1, 0.15) is 36.9 Å². The van der Waals surface area contributed by atoms with Gasteiger partial charge in [-0.15, -0.1) is 0 Å². The number of fused-ring (bicyclic) bond motifs is 1. The summed E-state index contributed by atoms with van der Waals surface area (Å²) < 4.78 is 5.61. The van der Waals surface area contributed by atoms with Gasteiger partial charge in [0.1, 0.15) is 5.75 Å². The van der Waals surface area contributed by atoms with E-state index in [1.807, 2.05) is 0 Å². The van der Waals surface area contributed by atoms with Gasteiger partial charge in [0.25, 0.3) is 0 Å². The monoisotopic (exact) mass is 234 g/mol. The maximum atomic E-state index is 6.26. The van der Waals surface area contributed by atoms with Crippen LogP contribution in [0.25, 0.3) is 0 Å². The van der Waals surface area contributed by atoms with Gasteiger partial charge < -0.3 is 16.2 Å². The molecule has 0 radical (unpaired) electrons. The Bertz CT molecular complexity index is 378. The molecule has 0 saturated heterocycles. The van der Waals surface area contributed by atoms with E-state index >= 15 is 0 Å². The number of nitrogens with two attached hydrogens (primary N) is 2. The van der Waals surface area contributed by atoms with Crippen molar-refractivity contribution in [3.8, 4) is 5.75 Å². The molecule has 17 heavy (non-hydrogen) atoms. The summed E-state index contributed by atoms with van der Waals surface area (Å²) in [5, 5.41) is 0. The molecule has 3 heteroatoms. The second-order valence-electron chi connectivity index (χ2n) is 4.90. The molecule has 2 rings (SSSR count). The van der Waals surface area contributed by atoms with Gasteiger partial charge >= 0.3 is 0 Å². The Kier molecular flexibility index (Phi) is 4.02. The van der Waals surface area contributed by atoms with Gasteiger partial charge in [0.2, 0.25) is 0 Å². The standard InChI is InChI=1S/C14H22N2O/c1-10(6-7-15)14(16)12-4-5-13-11(9-12)3-2-8-17-13/h4-5,9-10,14H,2-3,6-8,15-16H2,1H3. The van der Waals surface area contributed by atoms with Crippen molar-refractivity contribution >= 4 is 0 Å². The predicted molar refractivity (Wildman–Crippen MR) is 70.0 cm³/mol. The van der Waals surface area contributed by atoms with E-state index in [2.05, 4.69) is 25.1 Å². The smallest absolute Gasteiger partial charge is 0.122 e. The average molecular weight is 234 g/mol. The fourth-order valence-electron chi connectivity index (χ4n) is 2.36. The molecule has 0 aromatic heterocycles. The maximum absolute atomic E-state index is 6.26. The van der Waals surface area contributed by atoms with Gasteiger partial charge in [-0.2, -0.15) is 0 Å². The third kappa shape index (κ3) is 2.79. The second kappa shape index (κ2) is 5.52. The van der Waals surface area contributed by atoms with Crippen LogP contribution in [-0.2, 0) is 6.42 Å². The Balaban J connectivity index is 2.15. The minimum Gasteiger partial charge on any atom is -0.493 e. The van der Waals surface area contributed by atoms with Gasteiger partial charge in [-0.05, 0) is 48.9 Å². The van der Waals surface area contributed by atoms with E-state index < -0.39 is 0 Å². The molecule has 1 aromatic rings. The average Bonchev–Trinajstić information content (AvgIpc) is 2.37. The number of ether oxygens (including phenoxy) is 1. The minimum absolute atomic E-state index is 0.0748. The summed E-state index contributed by atoms with van der Waals surface area (Å²) in [6, 6.07) is 6.41. The molecule has 1 aromatic carbocycles. The molecule has 0 bridgehead atoms. The topological polar surface area (TPSA) is 61.3 Å². The van der Waals surface area contributed by atoms with E-state index in [0.29, 0.717) is 12.5 Å². The highest BCUT2D eigenvalue weighted by atomic mass is 16.5. The molecule has 1 aliphatic rings. The lowest BCUT2D eigenvalue weighted by molar-refractivity contribution is 0.288. The van der Waals surface area contributed by atoms with Crippen LogP contribution in [0.15, 0.2) is 18.2 Å². The van der Waals surface area contributed by atoms with Crippen LogP contribution in [0.5, 0.6) is 5.75 Å². The Hall–Kier alpha value is -1.06. The highest BCUT2D eigenvalue weighted by Gasteiger charge is 2.17. The van der Waals surface area contributed by atoms with Gasteiger partial charge in [0.05, 0.1) is 6.61 Å². The second-order valence-corrected chi connectivity index (χ2v) is 4.90. The lowest BCUT2D eigenvalue weighted by Crippen LogP contribution is -2.22. The van der Waals surface area contributed by atoms with Gasteiger partial charge in [-0.3, -0.25) is 0 Å². The minimum atomic E-state index is 0.0748. The predicted octanol–water partition coefficient (Wildman–Crippen LogP) is 2.00. The van der Waals surface area contributed by atoms with E-state index in [9.17, 15) is 0 Å². The van der Waals surface area contributed by atoms with Crippen molar-refractivity contribution in [2.45, 2.75) is 32.2 Å². The SMILES string of the molecule is CC(CCN)C(N)c1ccc2c(c1)CCCO2. The normalized spacial score (nSPS) is 18.1. The van der Waals surface area contributed by atoms with E-state index in [1.165, 1.54) is 11.1 Å². The van der Waals surface area contributed by atoms with Crippen LogP contribution in [0.2, 0.25) is 0 Å². The van der Waals surface area contributed by atoms with Crippen molar-refractivity contribution in [2.24, 2.45) is 17.4 Å². The molecule has 1 aliphatic heterocycles. The zero-order chi connectivity index (χ0) is 12.3. The van der Waals surface area contributed by atoms with E-state index in [1.54, 1.807) is 0 Å². The molecule has 0 fully saturated rings. The van der Waals surface area contributed by atoms with Gasteiger partial charge in [-0.1, -0.05) is 19.1 Å². The summed E-state index contributed by atoms with van der Waals surface area (Å²) in [6.45, 7) is 3.69. The van der Waals surface area contributed by atoms with Crippen molar-refractivity contribution in [2.75, 3.05) is 13.2 Å². The maximum Gasteiger partial charge on any atom is 0.122 e. The summed E-state index contributed by atoms with van der Waals surface area (Å²) in [4.78, 5) is 0. The quantitative estimate of drug-likeness (QED) is 0.837. The van der Waals surface area contributed by atoms with E-state index in [0.717, 1.165) is 31.6 Å². The first-order valence-corrected chi connectivity index (χ1v) is 6.43. The highest BCUT2D eigenvalue weighted by molar-refractivity contribution is 5.39. The van der Waals surface area contributed by atoms with Crippen LogP contribution in [0.4, 0.5) is 0 Å². The van der Waals surface area contributed by atoms with Gasteiger partial charge in [-0.25, -0.2) is 0 Å². The Morgan fingerprint density at radius 1 is 1.41 bits per heavy atom. The number of benzene rings is 1. The van der Waals surface area contributed by atoms with Gasteiger partial charge in [0, 0.05) is 6.04 Å². The number of hydrogen-bond acceptors (Lipinski definition) is 3. The summed E-state index contributed by atoms with van der Waals surface area (Å²) in [6.07, 6.45) is 3.17. The summed E-state index contributed by atoms with van der Waals surface area (Å²) >= 11 is 0. The zero-order valence-corrected chi connectivity index (χ0v) is 10.5. The number of aryl methyl sites for hydroxylation is 1. The first kappa shape index (κ1) is 12.4. The highest BCUT2D eigenvalue weighted by Crippen LogP contribution is 2.29. The van der Waals surface area contributed by atoms with Crippen molar-refractivity contribution in [3.63, 3.8) is 0 Å². The molecular formula is C14H22N2O. The summed E-state index contributed by atoms with van der Waals surface area (Å²) in [7, 11) is 0. The van der Waals surface area contributed by atoms with E-state index in [-0.39, 0.29) is 6.04 Å². The largest absolute Gasteiger partial charge is 0.493 e. The number of hydrogen-bond donors (Lipinski definition) is 2. The van der Waals surface area contributed by atoms with Gasteiger partial charge in [0.15, 0.2) is 0 Å². The molecule has 1 heterocycles. The molecule has 0 saturated carbocycles. The molecule has 0 aliphatic carbocycles.